The Morgan fingerprint density at radius 1 is 1.25 bits per heavy atom. The number of nitrogens with one attached hydrogen (secondary N) is 2. The molecule has 0 bridgehead atoms. The molecule has 1 aromatic rings. The molecule has 0 aromatic heterocycles. The maximum atomic E-state index is 13.1. The van der Waals surface area contributed by atoms with Gasteiger partial charge < -0.3 is 15.0 Å². The van der Waals surface area contributed by atoms with Crippen molar-refractivity contribution in [3.63, 3.8) is 0 Å². The summed E-state index contributed by atoms with van der Waals surface area (Å²) in [5.74, 6) is -2.33. The van der Waals surface area contributed by atoms with Crippen LogP contribution in [0.2, 0.25) is 0 Å². The van der Waals surface area contributed by atoms with E-state index in [-0.39, 0.29) is 23.5 Å². The van der Waals surface area contributed by atoms with Crippen LogP contribution in [0, 0.1) is 17.6 Å². The highest BCUT2D eigenvalue weighted by molar-refractivity contribution is 5.90. The van der Waals surface area contributed by atoms with Crippen molar-refractivity contribution >= 4 is 17.6 Å². The van der Waals surface area contributed by atoms with Crippen molar-refractivity contribution in [2.24, 2.45) is 5.92 Å². The summed E-state index contributed by atoms with van der Waals surface area (Å²) in [5, 5.41) is 2.56. The number of hydrogen-bond acceptors (Lipinski definition) is 3. The fourth-order valence-corrected chi connectivity index (χ4v) is 2.86. The van der Waals surface area contributed by atoms with E-state index in [1.165, 1.54) is 11.0 Å². The normalized spacial score (nSPS) is 20.5. The summed E-state index contributed by atoms with van der Waals surface area (Å²) in [6.45, 7) is 4.48. The number of quaternary nitrogens is 1. The van der Waals surface area contributed by atoms with Crippen molar-refractivity contribution < 1.29 is 28.0 Å². The van der Waals surface area contributed by atoms with E-state index in [1.807, 2.05) is 0 Å². The first-order valence-corrected chi connectivity index (χ1v) is 8.24. The van der Waals surface area contributed by atoms with Crippen LogP contribution in [0.1, 0.15) is 26.2 Å². The Bertz CT molecular complexity index is 587. The van der Waals surface area contributed by atoms with E-state index in [1.54, 1.807) is 6.92 Å². The van der Waals surface area contributed by atoms with Crippen LogP contribution in [-0.2, 0) is 14.3 Å². The van der Waals surface area contributed by atoms with E-state index in [0.29, 0.717) is 19.6 Å². The van der Waals surface area contributed by atoms with Gasteiger partial charge in [0, 0.05) is 24.6 Å². The maximum absolute atomic E-state index is 13.1. The van der Waals surface area contributed by atoms with E-state index in [0.717, 1.165) is 38.1 Å². The van der Waals surface area contributed by atoms with E-state index >= 15 is 0 Å². The fourth-order valence-electron chi connectivity index (χ4n) is 2.86. The van der Waals surface area contributed by atoms with Crippen LogP contribution < -0.4 is 10.2 Å². The predicted molar refractivity (Wildman–Crippen MR) is 84.5 cm³/mol. The lowest BCUT2D eigenvalue weighted by Gasteiger charge is -2.27. The van der Waals surface area contributed by atoms with Gasteiger partial charge in [0.2, 0.25) is 5.91 Å². The Labute approximate surface area is 140 Å². The average molecular weight is 341 g/mol. The molecule has 0 aliphatic carbocycles. The number of carbonyl (C=O) groups is 2. The molecule has 1 amide bonds. The zero-order valence-corrected chi connectivity index (χ0v) is 13.7. The van der Waals surface area contributed by atoms with Gasteiger partial charge in [0.1, 0.15) is 0 Å². The van der Waals surface area contributed by atoms with Gasteiger partial charge in [-0.1, -0.05) is 0 Å². The first-order valence-electron chi connectivity index (χ1n) is 8.24. The Hall–Kier alpha value is -2.02. The number of carbonyl (C=O) groups excluding carboxylic acids is 2. The zero-order valence-electron chi connectivity index (χ0n) is 13.7. The topological polar surface area (TPSA) is 59.8 Å². The van der Waals surface area contributed by atoms with Gasteiger partial charge in [-0.3, -0.25) is 9.59 Å². The van der Waals surface area contributed by atoms with E-state index < -0.39 is 11.6 Å². The smallest absolute Gasteiger partial charge is 0.309 e. The SMILES string of the molecule is CCOC(=O)C1CC[NH+](CCC(=O)Nc2ccc(F)c(F)c2)CC1. The second-order valence-corrected chi connectivity index (χ2v) is 5.95. The number of ether oxygens (including phenoxy) is 1. The number of halogens is 2. The van der Waals surface area contributed by atoms with Crippen molar-refractivity contribution in [1.29, 1.82) is 0 Å². The van der Waals surface area contributed by atoms with E-state index in [4.69, 9.17) is 4.74 Å². The Morgan fingerprint density at radius 2 is 1.96 bits per heavy atom. The minimum absolute atomic E-state index is 0.0373. The van der Waals surface area contributed by atoms with Gasteiger partial charge in [-0.05, 0) is 19.1 Å². The molecule has 7 heteroatoms. The molecule has 0 unspecified atom stereocenters. The van der Waals surface area contributed by atoms with Crippen molar-refractivity contribution in [2.45, 2.75) is 26.2 Å². The predicted octanol–water partition coefficient (Wildman–Crippen LogP) is 1.15. The largest absolute Gasteiger partial charge is 0.466 e. The molecule has 0 radical (unpaired) electrons. The second-order valence-electron chi connectivity index (χ2n) is 5.95. The minimum atomic E-state index is -0.987. The van der Waals surface area contributed by atoms with Gasteiger partial charge >= 0.3 is 5.97 Å². The highest BCUT2D eigenvalue weighted by atomic mass is 19.2. The molecule has 24 heavy (non-hydrogen) atoms. The zero-order chi connectivity index (χ0) is 17.5. The highest BCUT2D eigenvalue weighted by Gasteiger charge is 2.28. The first kappa shape index (κ1) is 18.3. The third-order valence-electron chi connectivity index (χ3n) is 4.22. The van der Waals surface area contributed by atoms with Crippen LogP contribution in [0.3, 0.4) is 0 Å². The molecule has 0 atom stereocenters. The van der Waals surface area contributed by atoms with E-state index in [2.05, 4.69) is 5.32 Å². The molecular formula is C17H23F2N2O3+. The minimum Gasteiger partial charge on any atom is -0.466 e. The average Bonchev–Trinajstić information content (AvgIpc) is 2.57. The molecule has 0 spiro atoms. The van der Waals surface area contributed by atoms with Gasteiger partial charge in [-0.15, -0.1) is 0 Å². The highest BCUT2D eigenvalue weighted by Crippen LogP contribution is 2.13. The summed E-state index contributed by atoms with van der Waals surface area (Å²) in [7, 11) is 0. The van der Waals surface area contributed by atoms with Crippen LogP contribution in [0.4, 0.5) is 14.5 Å². The molecule has 1 aliphatic rings. The number of piperidine rings is 1. The van der Waals surface area contributed by atoms with Crippen LogP contribution >= 0.6 is 0 Å². The van der Waals surface area contributed by atoms with E-state index in [9.17, 15) is 18.4 Å². The van der Waals surface area contributed by atoms with Crippen molar-refractivity contribution in [2.75, 3.05) is 31.6 Å². The molecule has 1 aliphatic heterocycles. The van der Waals surface area contributed by atoms with Gasteiger partial charge in [0.15, 0.2) is 11.6 Å². The summed E-state index contributed by atoms with van der Waals surface area (Å²) in [6.07, 6.45) is 1.82. The van der Waals surface area contributed by atoms with Crippen molar-refractivity contribution in [1.82, 2.24) is 0 Å². The van der Waals surface area contributed by atoms with Gasteiger partial charge in [0.25, 0.3) is 0 Å². The lowest BCUT2D eigenvalue weighted by Crippen LogP contribution is -3.13. The molecule has 2 N–H and O–H groups in total. The molecule has 1 fully saturated rings. The molecule has 2 rings (SSSR count). The third kappa shape index (κ3) is 5.26. The van der Waals surface area contributed by atoms with Gasteiger partial charge in [-0.2, -0.15) is 0 Å². The Kier molecular flexibility index (Phi) is 6.66. The number of rotatable bonds is 6. The molecular weight excluding hydrogens is 318 g/mol. The molecule has 5 nitrogen and oxygen atoms in total. The van der Waals surface area contributed by atoms with Gasteiger partial charge in [0.05, 0.1) is 38.6 Å². The molecule has 1 heterocycles. The van der Waals surface area contributed by atoms with Crippen molar-refractivity contribution in [3.05, 3.63) is 29.8 Å². The van der Waals surface area contributed by atoms with Crippen molar-refractivity contribution in [3.8, 4) is 0 Å². The number of esters is 1. The molecule has 1 saturated heterocycles. The van der Waals surface area contributed by atoms with Crippen LogP contribution in [0.25, 0.3) is 0 Å². The first-order chi connectivity index (χ1) is 11.5. The standard InChI is InChI=1S/C17H22F2N2O3/c1-2-24-17(23)12-5-8-21(9-6-12)10-7-16(22)20-13-3-4-14(18)15(19)11-13/h3-4,11-12H,2,5-10H2,1H3,(H,20,22)/p+1. The quantitative estimate of drug-likeness (QED) is 0.763. The lowest BCUT2D eigenvalue weighted by atomic mass is 9.97. The molecule has 132 valence electrons. The summed E-state index contributed by atoms with van der Waals surface area (Å²) in [6, 6.07) is 3.27. The number of benzene rings is 1. The monoisotopic (exact) mass is 341 g/mol. The fraction of sp³-hybridized carbons (Fsp3) is 0.529. The van der Waals surface area contributed by atoms with Crippen LogP contribution in [0.5, 0.6) is 0 Å². The summed E-state index contributed by atoms with van der Waals surface area (Å²) in [4.78, 5) is 24.8. The summed E-state index contributed by atoms with van der Waals surface area (Å²) >= 11 is 0. The lowest BCUT2D eigenvalue weighted by molar-refractivity contribution is -0.905. The Morgan fingerprint density at radius 3 is 2.58 bits per heavy atom. The third-order valence-corrected chi connectivity index (χ3v) is 4.22. The van der Waals surface area contributed by atoms with Gasteiger partial charge in [-0.25, -0.2) is 8.78 Å². The number of likely N-dealkylation sites (tertiary alicyclic amines) is 1. The summed E-state index contributed by atoms with van der Waals surface area (Å²) < 4.78 is 31.0. The maximum Gasteiger partial charge on any atom is 0.309 e. The number of amides is 1. The second kappa shape index (κ2) is 8.73. The Balaban J connectivity index is 1.71. The number of hydrogen-bond donors (Lipinski definition) is 2. The number of anilines is 1. The summed E-state index contributed by atoms with van der Waals surface area (Å²) in [5.41, 5.74) is 0.245. The molecule has 0 saturated carbocycles. The molecule has 1 aromatic carbocycles. The van der Waals surface area contributed by atoms with Crippen LogP contribution in [0.15, 0.2) is 18.2 Å². The van der Waals surface area contributed by atoms with Crippen LogP contribution in [-0.4, -0.2) is 38.1 Å².